The summed E-state index contributed by atoms with van der Waals surface area (Å²) in [6.45, 7) is 1.61. The lowest BCUT2D eigenvalue weighted by atomic mass is 9.81. The summed E-state index contributed by atoms with van der Waals surface area (Å²) in [4.78, 5) is 14.0. The van der Waals surface area contributed by atoms with E-state index >= 15 is 0 Å². The van der Waals surface area contributed by atoms with Crippen LogP contribution in [0.3, 0.4) is 0 Å². The number of nitrogens with two attached hydrogens (primary N) is 1. The van der Waals surface area contributed by atoms with Crippen molar-refractivity contribution >= 4 is 11.9 Å². The van der Waals surface area contributed by atoms with E-state index in [0.29, 0.717) is 0 Å². The molecule has 0 unspecified atom stereocenters. The van der Waals surface area contributed by atoms with Crippen molar-refractivity contribution in [2.24, 2.45) is 10.9 Å². The van der Waals surface area contributed by atoms with Crippen LogP contribution in [0.2, 0.25) is 0 Å². The molecule has 1 aliphatic carbocycles. The van der Waals surface area contributed by atoms with Gasteiger partial charge in [-0.2, -0.15) is 0 Å². The van der Waals surface area contributed by atoms with Crippen LogP contribution in [0, 0.1) is 0 Å². The number of likely N-dealkylation sites (tertiary alicyclic amines) is 1. The molecule has 2 rings (SSSR count). The number of nitrogens with zero attached hydrogens (tertiary/aromatic N) is 2. The summed E-state index contributed by atoms with van der Waals surface area (Å²) >= 11 is 0. The summed E-state index contributed by atoms with van der Waals surface area (Å²) in [5, 5.41) is 15.0. The highest BCUT2D eigenvalue weighted by Crippen LogP contribution is 2.29. The summed E-state index contributed by atoms with van der Waals surface area (Å²) in [5.41, 5.74) is 5.15. The normalized spacial score (nSPS) is 24.0. The zero-order chi connectivity index (χ0) is 13.0. The predicted molar refractivity (Wildman–Crippen MR) is 68.6 cm³/mol. The number of amides is 2. The molecule has 0 radical (unpaired) electrons. The number of hydrogen-bond donors (Lipinski definition) is 3. The lowest BCUT2D eigenvalue weighted by Gasteiger charge is -2.37. The van der Waals surface area contributed by atoms with Gasteiger partial charge in [-0.25, -0.2) is 4.79 Å². The van der Waals surface area contributed by atoms with Crippen LogP contribution in [0.4, 0.5) is 4.79 Å². The number of amidine groups is 1. The van der Waals surface area contributed by atoms with Gasteiger partial charge in [0.15, 0.2) is 5.84 Å². The third-order valence-electron chi connectivity index (χ3n) is 4.04. The second-order valence-corrected chi connectivity index (χ2v) is 5.25. The zero-order valence-electron chi connectivity index (χ0n) is 10.7. The molecule has 2 aliphatic rings. The molecule has 0 atom stereocenters. The molecular weight excluding hydrogens is 232 g/mol. The summed E-state index contributed by atoms with van der Waals surface area (Å²) in [6.07, 6.45) is 6.76. The Morgan fingerprint density at radius 1 is 1.17 bits per heavy atom. The van der Waals surface area contributed by atoms with Gasteiger partial charge in [-0.1, -0.05) is 24.4 Å². The Balaban J connectivity index is 2.07. The maximum Gasteiger partial charge on any atom is 0.318 e. The molecule has 1 aliphatic heterocycles. The molecule has 4 N–H and O–H groups in total. The number of rotatable bonds is 2. The Morgan fingerprint density at radius 2 is 1.78 bits per heavy atom. The molecule has 18 heavy (non-hydrogen) atoms. The average molecular weight is 254 g/mol. The molecule has 1 saturated heterocycles. The fourth-order valence-corrected chi connectivity index (χ4v) is 2.90. The number of carbonyl (C=O) groups is 1. The predicted octanol–water partition coefficient (Wildman–Crippen LogP) is 1.24. The van der Waals surface area contributed by atoms with Gasteiger partial charge in [-0.05, 0) is 25.7 Å². The van der Waals surface area contributed by atoms with Crippen LogP contribution < -0.4 is 11.1 Å². The molecule has 2 fully saturated rings. The van der Waals surface area contributed by atoms with Crippen LogP contribution in [0.5, 0.6) is 0 Å². The van der Waals surface area contributed by atoms with Gasteiger partial charge >= 0.3 is 6.03 Å². The second-order valence-electron chi connectivity index (χ2n) is 5.25. The van der Waals surface area contributed by atoms with Gasteiger partial charge in [-0.3, -0.25) is 0 Å². The van der Waals surface area contributed by atoms with Crippen LogP contribution in [0.25, 0.3) is 0 Å². The largest absolute Gasteiger partial charge is 0.409 e. The van der Waals surface area contributed by atoms with Crippen LogP contribution in [0.15, 0.2) is 5.16 Å². The van der Waals surface area contributed by atoms with Crippen molar-refractivity contribution in [3.8, 4) is 0 Å². The van der Waals surface area contributed by atoms with Crippen molar-refractivity contribution in [3.05, 3.63) is 0 Å². The minimum Gasteiger partial charge on any atom is -0.409 e. The summed E-state index contributed by atoms with van der Waals surface area (Å²) in [5.74, 6) is 0.134. The fraction of sp³-hybridized carbons (Fsp3) is 0.833. The maximum absolute atomic E-state index is 12.2. The quantitative estimate of drug-likeness (QED) is 0.300. The molecule has 1 saturated carbocycles. The number of oxime groups is 1. The first-order valence-corrected chi connectivity index (χ1v) is 6.73. The molecule has 1 heterocycles. The van der Waals surface area contributed by atoms with Crippen molar-refractivity contribution in [1.29, 1.82) is 0 Å². The van der Waals surface area contributed by atoms with Crippen molar-refractivity contribution in [2.75, 3.05) is 13.1 Å². The minimum atomic E-state index is -0.646. The standard InChI is InChI=1S/C12H22N4O2/c13-10(15-18)12(6-2-1-3-7-12)14-11(17)16-8-4-5-9-16/h18H,1-9H2,(H2,13,15)(H,14,17). The first kappa shape index (κ1) is 13.0. The maximum atomic E-state index is 12.2. The van der Waals surface area contributed by atoms with E-state index in [9.17, 15) is 4.79 Å². The van der Waals surface area contributed by atoms with E-state index in [2.05, 4.69) is 10.5 Å². The molecule has 0 aromatic carbocycles. The number of carbonyl (C=O) groups excluding carboxylic acids is 1. The van der Waals surface area contributed by atoms with Crippen molar-refractivity contribution in [2.45, 2.75) is 50.5 Å². The summed E-state index contributed by atoms with van der Waals surface area (Å²) < 4.78 is 0. The molecule has 0 spiro atoms. The van der Waals surface area contributed by atoms with Gasteiger partial charge < -0.3 is 21.2 Å². The van der Waals surface area contributed by atoms with E-state index in [0.717, 1.165) is 58.0 Å². The number of nitrogens with one attached hydrogen (secondary N) is 1. The van der Waals surface area contributed by atoms with E-state index in [1.165, 1.54) is 0 Å². The number of hydrogen-bond acceptors (Lipinski definition) is 3. The SMILES string of the molecule is NC(=NO)C1(NC(=O)N2CCCC2)CCCCC1. The Morgan fingerprint density at radius 3 is 2.33 bits per heavy atom. The Hall–Kier alpha value is -1.46. The van der Waals surface area contributed by atoms with E-state index in [1.807, 2.05) is 0 Å². The fourth-order valence-electron chi connectivity index (χ4n) is 2.90. The van der Waals surface area contributed by atoms with E-state index in [4.69, 9.17) is 10.9 Å². The molecular formula is C12H22N4O2. The van der Waals surface area contributed by atoms with E-state index < -0.39 is 5.54 Å². The Kier molecular flexibility index (Phi) is 3.93. The Bertz CT molecular complexity index is 331. The number of urea groups is 1. The lowest BCUT2D eigenvalue weighted by Crippen LogP contribution is -2.60. The Labute approximate surface area is 107 Å². The average Bonchev–Trinajstić information content (AvgIpc) is 2.93. The van der Waals surface area contributed by atoms with Crippen LogP contribution in [-0.4, -0.2) is 40.6 Å². The van der Waals surface area contributed by atoms with Gasteiger partial charge in [0.05, 0.1) is 0 Å². The van der Waals surface area contributed by atoms with Crippen LogP contribution >= 0.6 is 0 Å². The first-order valence-electron chi connectivity index (χ1n) is 6.73. The van der Waals surface area contributed by atoms with Crippen molar-refractivity contribution in [1.82, 2.24) is 10.2 Å². The third kappa shape index (κ3) is 2.52. The molecule has 2 amide bonds. The van der Waals surface area contributed by atoms with Gasteiger partial charge in [0.1, 0.15) is 5.54 Å². The van der Waals surface area contributed by atoms with Crippen LogP contribution in [0.1, 0.15) is 44.9 Å². The lowest BCUT2D eigenvalue weighted by molar-refractivity contribution is 0.191. The second kappa shape index (κ2) is 5.46. The first-order chi connectivity index (χ1) is 8.68. The molecule has 6 nitrogen and oxygen atoms in total. The molecule has 0 bridgehead atoms. The summed E-state index contributed by atoms with van der Waals surface area (Å²) in [7, 11) is 0. The van der Waals surface area contributed by atoms with Gasteiger partial charge in [0.25, 0.3) is 0 Å². The van der Waals surface area contributed by atoms with Gasteiger partial charge in [0.2, 0.25) is 0 Å². The minimum absolute atomic E-state index is 0.0824. The van der Waals surface area contributed by atoms with E-state index in [-0.39, 0.29) is 11.9 Å². The zero-order valence-corrected chi connectivity index (χ0v) is 10.7. The summed E-state index contributed by atoms with van der Waals surface area (Å²) in [6, 6.07) is -0.0824. The van der Waals surface area contributed by atoms with Crippen molar-refractivity contribution in [3.63, 3.8) is 0 Å². The molecule has 0 aromatic heterocycles. The molecule has 0 aromatic rings. The highest BCUT2D eigenvalue weighted by molar-refractivity contribution is 5.93. The topological polar surface area (TPSA) is 91.0 Å². The third-order valence-corrected chi connectivity index (χ3v) is 4.04. The molecule has 102 valence electrons. The van der Waals surface area contributed by atoms with E-state index in [1.54, 1.807) is 4.90 Å². The van der Waals surface area contributed by atoms with Gasteiger partial charge in [-0.15, -0.1) is 0 Å². The highest BCUT2D eigenvalue weighted by atomic mass is 16.4. The highest BCUT2D eigenvalue weighted by Gasteiger charge is 2.39. The smallest absolute Gasteiger partial charge is 0.318 e. The monoisotopic (exact) mass is 254 g/mol. The van der Waals surface area contributed by atoms with Gasteiger partial charge in [0, 0.05) is 13.1 Å². The van der Waals surface area contributed by atoms with Crippen molar-refractivity contribution < 1.29 is 10.0 Å². The molecule has 6 heteroatoms. The van der Waals surface area contributed by atoms with Crippen LogP contribution in [-0.2, 0) is 0 Å².